The van der Waals surface area contributed by atoms with Gasteiger partial charge in [0.1, 0.15) is 13.2 Å². The summed E-state index contributed by atoms with van der Waals surface area (Å²) < 4.78 is 12.0. The first-order valence-electron chi connectivity index (χ1n) is 11.6. The normalized spacial score (nSPS) is 23.6. The van der Waals surface area contributed by atoms with Crippen molar-refractivity contribution >= 4 is 0 Å². The summed E-state index contributed by atoms with van der Waals surface area (Å²) in [6, 6.07) is 22.3. The van der Waals surface area contributed by atoms with Crippen LogP contribution in [0, 0.1) is 0 Å². The average molecular weight is 431 g/mol. The van der Waals surface area contributed by atoms with Gasteiger partial charge in [0, 0.05) is 13.1 Å². The molecule has 4 aliphatic heterocycles. The molecule has 0 radical (unpaired) electrons. The van der Waals surface area contributed by atoms with Crippen LogP contribution in [-0.4, -0.2) is 71.3 Å². The minimum atomic E-state index is 0.417. The van der Waals surface area contributed by atoms with Gasteiger partial charge in [-0.1, -0.05) is 60.7 Å². The molecule has 6 nitrogen and oxygen atoms in total. The maximum atomic E-state index is 5.99. The largest absolute Gasteiger partial charge is 0.476 e. The summed E-state index contributed by atoms with van der Waals surface area (Å²) in [6.45, 7) is 5.33. The van der Waals surface area contributed by atoms with E-state index in [1.165, 1.54) is 11.1 Å². The molecule has 0 amide bonds. The van der Waals surface area contributed by atoms with Crippen LogP contribution in [0.25, 0.3) is 0 Å². The molecule has 2 saturated heterocycles. The van der Waals surface area contributed by atoms with Crippen molar-refractivity contribution in [1.82, 2.24) is 19.6 Å². The molecule has 0 aromatic heterocycles. The van der Waals surface area contributed by atoms with Gasteiger partial charge in [-0.05, 0) is 24.0 Å². The molecule has 6 rings (SSSR count). The predicted molar refractivity (Wildman–Crippen MR) is 123 cm³/mol. The van der Waals surface area contributed by atoms with Crippen molar-refractivity contribution in [2.75, 3.05) is 39.6 Å². The molecule has 4 aliphatic rings. The Balaban J connectivity index is 1.00. The van der Waals surface area contributed by atoms with Crippen molar-refractivity contribution in [3.05, 3.63) is 96.0 Å². The number of hydrogen-bond acceptors (Lipinski definition) is 6. The Morgan fingerprint density at radius 3 is 1.50 bits per heavy atom. The lowest BCUT2D eigenvalue weighted by molar-refractivity contribution is 0.188. The van der Waals surface area contributed by atoms with E-state index < -0.39 is 0 Å². The van der Waals surface area contributed by atoms with E-state index in [4.69, 9.17) is 9.47 Å². The summed E-state index contributed by atoms with van der Waals surface area (Å²) in [5, 5.41) is 0. The van der Waals surface area contributed by atoms with E-state index in [2.05, 4.69) is 92.7 Å². The molecular weight excluding hydrogens is 400 g/mol. The molecule has 0 aliphatic carbocycles. The standard InChI is InChI=1S/C26H30N4O2/c1-3-7-21(8-4-1)13-23-17-31-25-15-27(19-29(23)25)11-12-28-16-26-30(20-28)24(18-32-26)14-22-9-5-2-6-10-22/h1-10,15-16,23-24H,11-14,17-20H2/t23-,24-/m0/s1. The van der Waals surface area contributed by atoms with E-state index in [0.29, 0.717) is 12.1 Å². The number of nitrogens with zero attached hydrogens (tertiary/aromatic N) is 4. The molecule has 0 spiro atoms. The predicted octanol–water partition coefficient (Wildman–Crippen LogP) is 3.02. The van der Waals surface area contributed by atoms with Gasteiger partial charge in [0.25, 0.3) is 0 Å². The summed E-state index contributed by atoms with van der Waals surface area (Å²) in [6.07, 6.45) is 6.42. The fourth-order valence-corrected chi connectivity index (χ4v) is 5.09. The third-order valence-electron chi connectivity index (χ3n) is 6.85. The Morgan fingerprint density at radius 2 is 1.06 bits per heavy atom. The van der Waals surface area contributed by atoms with Crippen molar-refractivity contribution in [3.8, 4) is 0 Å². The average Bonchev–Trinajstić information content (AvgIpc) is 3.57. The van der Waals surface area contributed by atoms with Crippen molar-refractivity contribution in [2.45, 2.75) is 24.9 Å². The number of benzene rings is 2. The van der Waals surface area contributed by atoms with Crippen LogP contribution >= 0.6 is 0 Å². The lowest BCUT2D eigenvalue weighted by Gasteiger charge is -2.27. The van der Waals surface area contributed by atoms with Gasteiger partial charge in [-0.2, -0.15) is 0 Å². The molecule has 2 atom stereocenters. The van der Waals surface area contributed by atoms with Crippen LogP contribution in [0.5, 0.6) is 0 Å². The second-order valence-corrected chi connectivity index (χ2v) is 9.09. The van der Waals surface area contributed by atoms with Crippen molar-refractivity contribution in [3.63, 3.8) is 0 Å². The van der Waals surface area contributed by atoms with Crippen LogP contribution in [0.4, 0.5) is 0 Å². The first-order valence-corrected chi connectivity index (χ1v) is 11.6. The summed E-state index contributed by atoms with van der Waals surface area (Å²) >= 11 is 0. The highest BCUT2D eigenvalue weighted by atomic mass is 16.5. The highest BCUT2D eigenvalue weighted by Crippen LogP contribution is 2.30. The van der Waals surface area contributed by atoms with E-state index in [1.54, 1.807) is 0 Å². The lowest BCUT2D eigenvalue weighted by Crippen LogP contribution is -2.39. The number of rotatable bonds is 7. The fourth-order valence-electron chi connectivity index (χ4n) is 5.09. The van der Waals surface area contributed by atoms with E-state index in [0.717, 1.165) is 64.2 Å². The second kappa shape index (κ2) is 8.34. The molecule has 0 saturated carbocycles. The molecule has 0 bridgehead atoms. The highest BCUT2D eigenvalue weighted by Gasteiger charge is 2.37. The molecular formula is C26H30N4O2. The molecule has 166 valence electrons. The van der Waals surface area contributed by atoms with Crippen LogP contribution in [0.15, 0.2) is 84.8 Å². The Hall–Kier alpha value is -3.28. The van der Waals surface area contributed by atoms with Gasteiger partial charge in [-0.3, -0.25) is 0 Å². The van der Waals surface area contributed by atoms with Crippen LogP contribution < -0.4 is 0 Å². The first kappa shape index (κ1) is 19.4. The zero-order valence-electron chi connectivity index (χ0n) is 18.3. The van der Waals surface area contributed by atoms with Crippen LogP contribution in [-0.2, 0) is 22.3 Å². The molecule has 2 aromatic rings. The third kappa shape index (κ3) is 3.85. The summed E-state index contributed by atoms with van der Waals surface area (Å²) in [5.74, 6) is 2.05. The zero-order chi connectivity index (χ0) is 21.3. The van der Waals surface area contributed by atoms with Crippen molar-refractivity contribution in [1.29, 1.82) is 0 Å². The fraction of sp³-hybridized carbons (Fsp3) is 0.385. The van der Waals surface area contributed by atoms with E-state index in [-0.39, 0.29) is 0 Å². The monoisotopic (exact) mass is 430 g/mol. The first-order chi connectivity index (χ1) is 15.8. The number of fused-ring (bicyclic) bond motifs is 2. The van der Waals surface area contributed by atoms with E-state index in [9.17, 15) is 0 Å². The summed E-state index contributed by atoms with van der Waals surface area (Å²) in [4.78, 5) is 9.56. The Labute approximate surface area is 189 Å². The molecule has 0 unspecified atom stereocenters. The Bertz CT molecular complexity index is 912. The van der Waals surface area contributed by atoms with Crippen LogP contribution in [0.3, 0.4) is 0 Å². The van der Waals surface area contributed by atoms with Gasteiger partial charge in [0.15, 0.2) is 0 Å². The molecule has 6 heteroatoms. The summed E-state index contributed by atoms with van der Waals surface area (Å²) in [5.41, 5.74) is 2.74. The Morgan fingerprint density at radius 1 is 0.625 bits per heavy atom. The SMILES string of the molecule is C1=C2OC[C@H](Cc3ccccc3)N2CN1CCN1C=C2OC[C@H](Cc3ccccc3)N2C1. The number of hydrogen-bond donors (Lipinski definition) is 0. The minimum absolute atomic E-state index is 0.417. The number of ether oxygens (including phenoxy) is 2. The van der Waals surface area contributed by atoms with Crippen LogP contribution in [0.1, 0.15) is 11.1 Å². The van der Waals surface area contributed by atoms with Gasteiger partial charge >= 0.3 is 0 Å². The molecule has 32 heavy (non-hydrogen) atoms. The second-order valence-electron chi connectivity index (χ2n) is 9.09. The van der Waals surface area contributed by atoms with Gasteiger partial charge in [-0.15, -0.1) is 0 Å². The summed E-state index contributed by atoms with van der Waals surface area (Å²) in [7, 11) is 0. The van der Waals surface area contributed by atoms with E-state index in [1.807, 2.05) is 0 Å². The van der Waals surface area contributed by atoms with Gasteiger partial charge in [-0.25, -0.2) is 0 Å². The minimum Gasteiger partial charge on any atom is -0.476 e. The maximum Gasteiger partial charge on any atom is 0.207 e. The lowest BCUT2D eigenvalue weighted by atomic mass is 10.1. The molecule has 0 N–H and O–H groups in total. The van der Waals surface area contributed by atoms with Gasteiger partial charge in [0.05, 0.1) is 37.8 Å². The quantitative estimate of drug-likeness (QED) is 0.671. The van der Waals surface area contributed by atoms with Gasteiger partial charge in [0.2, 0.25) is 11.8 Å². The molecule has 2 fully saturated rings. The third-order valence-corrected chi connectivity index (χ3v) is 6.85. The van der Waals surface area contributed by atoms with E-state index >= 15 is 0 Å². The van der Waals surface area contributed by atoms with Crippen LogP contribution in [0.2, 0.25) is 0 Å². The van der Waals surface area contributed by atoms with Crippen molar-refractivity contribution < 1.29 is 9.47 Å². The topological polar surface area (TPSA) is 31.4 Å². The Kier molecular flexibility index (Phi) is 5.06. The van der Waals surface area contributed by atoms with Crippen molar-refractivity contribution in [2.24, 2.45) is 0 Å². The molecule has 4 heterocycles. The highest BCUT2D eigenvalue weighted by molar-refractivity contribution is 5.19. The maximum absolute atomic E-state index is 5.99. The zero-order valence-corrected chi connectivity index (χ0v) is 18.3. The van der Waals surface area contributed by atoms with Gasteiger partial charge < -0.3 is 29.1 Å². The molecule has 2 aromatic carbocycles. The smallest absolute Gasteiger partial charge is 0.207 e.